The Balaban J connectivity index is 2.29. The predicted octanol–water partition coefficient (Wildman–Crippen LogP) is 0.215. The van der Waals surface area contributed by atoms with Crippen LogP contribution in [0.3, 0.4) is 0 Å². The summed E-state index contributed by atoms with van der Waals surface area (Å²) in [6, 6.07) is 0. The van der Waals surface area contributed by atoms with Crippen LogP contribution in [-0.4, -0.2) is 33.6 Å². The van der Waals surface area contributed by atoms with E-state index in [-0.39, 0.29) is 6.29 Å². The van der Waals surface area contributed by atoms with Gasteiger partial charge in [0.15, 0.2) is 6.29 Å². The van der Waals surface area contributed by atoms with Crippen molar-refractivity contribution in [2.45, 2.75) is 12.7 Å². The van der Waals surface area contributed by atoms with Crippen LogP contribution in [0.1, 0.15) is 6.42 Å². The molecule has 1 aliphatic rings. The molecule has 1 saturated heterocycles. The summed E-state index contributed by atoms with van der Waals surface area (Å²) >= 11 is 0. The topological polar surface area (TPSA) is 30.5 Å². The number of rotatable bonds is 3. The van der Waals surface area contributed by atoms with Gasteiger partial charge in [0, 0.05) is 26.7 Å². The molecule has 1 fully saturated rings. The molecule has 1 aliphatic heterocycles. The van der Waals surface area contributed by atoms with Crippen LogP contribution < -0.4 is 5.32 Å². The molecule has 0 aliphatic carbocycles. The summed E-state index contributed by atoms with van der Waals surface area (Å²) in [6.45, 7) is 2.11. The monoisotopic (exact) mass is 145 g/mol. The van der Waals surface area contributed by atoms with Crippen LogP contribution in [0.5, 0.6) is 0 Å². The van der Waals surface area contributed by atoms with Gasteiger partial charge in [0.2, 0.25) is 0 Å². The molecule has 0 amide bonds. The summed E-state index contributed by atoms with van der Waals surface area (Å²) in [5.74, 6) is 0.537. The molecule has 3 heteroatoms. The van der Waals surface area contributed by atoms with Gasteiger partial charge in [-0.2, -0.15) is 0 Å². The molecule has 1 unspecified atom stereocenters. The number of nitrogens with one attached hydrogen (secondary N) is 1. The summed E-state index contributed by atoms with van der Waals surface area (Å²) in [5.41, 5.74) is 0. The molecule has 0 aromatic carbocycles. The third kappa shape index (κ3) is 1.68. The molecular weight excluding hydrogens is 130 g/mol. The Bertz CT molecular complexity index is 87.6. The minimum Gasteiger partial charge on any atom is -0.356 e. The van der Waals surface area contributed by atoms with Crippen molar-refractivity contribution in [3.8, 4) is 0 Å². The van der Waals surface area contributed by atoms with Gasteiger partial charge in [-0.05, 0) is 13.0 Å². The molecule has 1 rings (SSSR count). The molecule has 0 aromatic rings. The maximum absolute atomic E-state index is 5.12. The maximum Gasteiger partial charge on any atom is 0.160 e. The minimum absolute atomic E-state index is 0.0185. The second kappa shape index (κ2) is 3.91. The van der Waals surface area contributed by atoms with Crippen molar-refractivity contribution >= 4 is 0 Å². The predicted molar refractivity (Wildman–Crippen MR) is 38.8 cm³/mol. The maximum atomic E-state index is 5.12. The molecule has 0 bridgehead atoms. The Morgan fingerprint density at radius 1 is 1.40 bits per heavy atom. The van der Waals surface area contributed by atoms with E-state index in [1.807, 2.05) is 0 Å². The van der Waals surface area contributed by atoms with E-state index < -0.39 is 0 Å². The Hall–Kier alpha value is -0.120. The smallest absolute Gasteiger partial charge is 0.160 e. The van der Waals surface area contributed by atoms with E-state index in [4.69, 9.17) is 9.47 Å². The Morgan fingerprint density at radius 3 is 2.50 bits per heavy atom. The van der Waals surface area contributed by atoms with E-state index in [0.29, 0.717) is 5.92 Å². The van der Waals surface area contributed by atoms with Gasteiger partial charge in [-0.25, -0.2) is 0 Å². The molecule has 1 N–H and O–H groups in total. The van der Waals surface area contributed by atoms with Gasteiger partial charge in [-0.3, -0.25) is 0 Å². The van der Waals surface area contributed by atoms with Crippen LogP contribution in [0.2, 0.25) is 0 Å². The lowest BCUT2D eigenvalue weighted by molar-refractivity contribution is -0.132. The molecule has 10 heavy (non-hydrogen) atoms. The third-order valence-corrected chi connectivity index (χ3v) is 1.95. The highest BCUT2D eigenvalue weighted by molar-refractivity contribution is 4.73. The summed E-state index contributed by atoms with van der Waals surface area (Å²) in [4.78, 5) is 0. The normalized spacial score (nSPS) is 26.1. The molecule has 1 heterocycles. The Labute approximate surface area is 61.7 Å². The van der Waals surface area contributed by atoms with E-state index >= 15 is 0 Å². The van der Waals surface area contributed by atoms with Crippen molar-refractivity contribution in [1.29, 1.82) is 0 Å². The SMILES string of the molecule is COC(OC)C1CCNC1. The highest BCUT2D eigenvalue weighted by Gasteiger charge is 2.23. The molecule has 0 aromatic heterocycles. The lowest BCUT2D eigenvalue weighted by Crippen LogP contribution is -2.26. The van der Waals surface area contributed by atoms with Crippen molar-refractivity contribution in [3.63, 3.8) is 0 Å². The molecule has 0 spiro atoms. The van der Waals surface area contributed by atoms with Crippen molar-refractivity contribution in [2.75, 3.05) is 27.3 Å². The largest absolute Gasteiger partial charge is 0.356 e. The summed E-state index contributed by atoms with van der Waals surface area (Å²) in [7, 11) is 3.37. The van der Waals surface area contributed by atoms with Crippen LogP contribution in [0, 0.1) is 5.92 Å². The van der Waals surface area contributed by atoms with Crippen molar-refractivity contribution in [3.05, 3.63) is 0 Å². The number of ether oxygens (including phenoxy) is 2. The van der Waals surface area contributed by atoms with E-state index in [9.17, 15) is 0 Å². The fourth-order valence-corrected chi connectivity index (χ4v) is 1.39. The van der Waals surface area contributed by atoms with Gasteiger partial charge in [-0.15, -0.1) is 0 Å². The second-order valence-electron chi connectivity index (χ2n) is 2.59. The van der Waals surface area contributed by atoms with Gasteiger partial charge in [0.25, 0.3) is 0 Å². The fourth-order valence-electron chi connectivity index (χ4n) is 1.39. The van der Waals surface area contributed by atoms with Crippen LogP contribution >= 0.6 is 0 Å². The Kier molecular flexibility index (Phi) is 3.12. The quantitative estimate of drug-likeness (QED) is 0.576. The fraction of sp³-hybridized carbons (Fsp3) is 1.00. The average molecular weight is 145 g/mol. The van der Waals surface area contributed by atoms with Crippen molar-refractivity contribution < 1.29 is 9.47 Å². The Morgan fingerprint density at radius 2 is 2.10 bits per heavy atom. The van der Waals surface area contributed by atoms with Gasteiger partial charge in [0.05, 0.1) is 0 Å². The average Bonchev–Trinajstić information content (AvgIpc) is 2.43. The standard InChI is InChI=1S/C7H15NO2/c1-9-7(10-2)6-3-4-8-5-6/h6-8H,3-5H2,1-2H3. The first kappa shape index (κ1) is 7.98. The number of methoxy groups -OCH3 is 2. The molecule has 60 valence electrons. The zero-order valence-electron chi connectivity index (χ0n) is 6.59. The number of hydrogen-bond donors (Lipinski definition) is 1. The van der Waals surface area contributed by atoms with Crippen LogP contribution in [0.15, 0.2) is 0 Å². The highest BCUT2D eigenvalue weighted by Crippen LogP contribution is 2.15. The number of hydrogen-bond acceptors (Lipinski definition) is 3. The minimum atomic E-state index is -0.0185. The first-order valence-corrected chi connectivity index (χ1v) is 3.64. The van der Waals surface area contributed by atoms with E-state index in [2.05, 4.69) is 5.32 Å². The van der Waals surface area contributed by atoms with Gasteiger partial charge >= 0.3 is 0 Å². The van der Waals surface area contributed by atoms with Crippen molar-refractivity contribution in [1.82, 2.24) is 5.32 Å². The van der Waals surface area contributed by atoms with Gasteiger partial charge in [-0.1, -0.05) is 0 Å². The van der Waals surface area contributed by atoms with E-state index in [1.54, 1.807) is 14.2 Å². The van der Waals surface area contributed by atoms with Crippen LogP contribution in [0.4, 0.5) is 0 Å². The first-order valence-electron chi connectivity index (χ1n) is 3.64. The van der Waals surface area contributed by atoms with Crippen molar-refractivity contribution in [2.24, 2.45) is 5.92 Å². The zero-order chi connectivity index (χ0) is 7.40. The molecular formula is C7H15NO2. The molecule has 0 radical (unpaired) electrons. The van der Waals surface area contributed by atoms with Crippen LogP contribution in [0.25, 0.3) is 0 Å². The summed E-state index contributed by atoms with van der Waals surface area (Å²) in [6.07, 6.45) is 1.14. The second-order valence-corrected chi connectivity index (χ2v) is 2.59. The molecule has 1 atom stereocenters. The molecule has 0 saturated carbocycles. The third-order valence-electron chi connectivity index (χ3n) is 1.95. The lowest BCUT2D eigenvalue weighted by atomic mass is 10.1. The first-order chi connectivity index (χ1) is 4.88. The highest BCUT2D eigenvalue weighted by atomic mass is 16.7. The lowest BCUT2D eigenvalue weighted by Gasteiger charge is -2.18. The van der Waals surface area contributed by atoms with Gasteiger partial charge < -0.3 is 14.8 Å². The zero-order valence-corrected chi connectivity index (χ0v) is 6.59. The van der Waals surface area contributed by atoms with E-state index in [1.165, 1.54) is 0 Å². The summed E-state index contributed by atoms with van der Waals surface area (Å²) in [5, 5.41) is 3.26. The molecule has 3 nitrogen and oxygen atoms in total. The van der Waals surface area contributed by atoms with E-state index in [0.717, 1.165) is 19.5 Å². The summed E-state index contributed by atoms with van der Waals surface area (Å²) < 4.78 is 10.2. The van der Waals surface area contributed by atoms with Crippen LogP contribution in [-0.2, 0) is 9.47 Å². The van der Waals surface area contributed by atoms with Gasteiger partial charge in [0.1, 0.15) is 0 Å².